The molecule has 8 heteroatoms. The fourth-order valence-corrected chi connectivity index (χ4v) is 3.00. The fourth-order valence-electron chi connectivity index (χ4n) is 3.00. The van der Waals surface area contributed by atoms with Crippen molar-refractivity contribution in [2.24, 2.45) is 0 Å². The first-order chi connectivity index (χ1) is 13.3. The van der Waals surface area contributed by atoms with Crippen molar-refractivity contribution >= 4 is 17.8 Å². The van der Waals surface area contributed by atoms with E-state index in [2.05, 4.69) is 10.3 Å². The Morgan fingerprint density at radius 3 is 2.39 bits per heavy atom. The van der Waals surface area contributed by atoms with Crippen LogP contribution in [0.4, 0.5) is 9.18 Å². The van der Waals surface area contributed by atoms with Crippen LogP contribution < -0.4 is 5.32 Å². The van der Waals surface area contributed by atoms with Crippen LogP contribution >= 0.6 is 0 Å². The minimum atomic E-state index is -0.563. The molecule has 7 nitrogen and oxygen atoms in total. The highest BCUT2D eigenvalue weighted by molar-refractivity contribution is 6.04. The number of esters is 1. The average molecular weight is 389 g/mol. The number of ether oxygens (including phenoxy) is 1. The van der Waals surface area contributed by atoms with Gasteiger partial charge in [0.1, 0.15) is 11.5 Å². The number of carbonyl (C=O) groups is 3. The summed E-state index contributed by atoms with van der Waals surface area (Å²) in [5.41, 5.74) is 2.27. The van der Waals surface area contributed by atoms with Crippen molar-refractivity contribution in [3.05, 3.63) is 58.2 Å². The second-order valence-corrected chi connectivity index (χ2v) is 6.36. The number of aromatic amines is 1. The zero-order valence-corrected chi connectivity index (χ0v) is 16.4. The molecule has 2 rings (SSSR count). The summed E-state index contributed by atoms with van der Waals surface area (Å²) in [6, 6.07) is 5.33. The lowest BCUT2D eigenvalue weighted by Crippen LogP contribution is -2.42. The van der Waals surface area contributed by atoms with E-state index in [1.54, 1.807) is 32.9 Å². The maximum atomic E-state index is 13.1. The highest BCUT2D eigenvalue weighted by Gasteiger charge is 2.25. The van der Waals surface area contributed by atoms with E-state index in [0.717, 1.165) is 0 Å². The van der Waals surface area contributed by atoms with Gasteiger partial charge in [0.15, 0.2) is 5.78 Å². The third kappa shape index (κ3) is 4.76. The van der Waals surface area contributed by atoms with E-state index in [1.807, 2.05) is 0 Å². The molecule has 0 unspecified atom stereocenters. The zero-order chi connectivity index (χ0) is 20.8. The van der Waals surface area contributed by atoms with Crippen molar-refractivity contribution in [2.45, 2.75) is 27.3 Å². The third-order valence-electron chi connectivity index (χ3n) is 4.34. The largest absolute Gasteiger partial charge is 0.464 e. The van der Waals surface area contributed by atoms with E-state index in [1.165, 1.54) is 24.1 Å². The number of aryl methyl sites for hydroxylation is 1. The van der Waals surface area contributed by atoms with Gasteiger partial charge in [0.25, 0.3) is 0 Å². The summed E-state index contributed by atoms with van der Waals surface area (Å²) in [4.78, 5) is 41.4. The number of carbonyl (C=O) groups excluding carboxylic acids is 3. The Bertz CT molecular complexity index is 874. The quantitative estimate of drug-likeness (QED) is 0.563. The topological polar surface area (TPSA) is 91.5 Å². The Morgan fingerprint density at radius 2 is 1.82 bits per heavy atom. The summed E-state index contributed by atoms with van der Waals surface area (Å²) >= 11 is 0. The Kier molecular flexibility index (Phi) is 6.92. The highest BCUT2D eigenvalue weighted by Crippen LogP contribution is 2.20. The monoisotopic (exact) mass is 389 g/mol. The summed E-state index contributed by atoms with van der Waals surface area (Å²) in [6.07, 6.45) is 0. The van der Waals surface area contributed by atoms with Crippen molar-refractivity contribution in [3.8, 4) is 0 Å². The molecule has 150 valence electrons. The lowest BCUT2D eigenvalue weighted by atomic mass is 10.0. The molecule has 0 aliphatic carbocycles. The molecule has 0 aliphatic heterocycles. The summed E-state index contributed by atoms with van der Waals surface area (Å²) in [7, 11) is 1.26. The molecule has 2 aromatic rings. The summed E-state index contributed by atoms with van der Waals surface area (Å²) in [5.74, 6) is -1.25. The maximum absolute atomic E-state index is 13.1. The third-order valence-corrected chi connectivity index (χ3v) is 4.34. The van der Waals surface area contributed by atoms with Crippen molar-refractivity contribution in [3.63, 3.8) is 0 Å². The molecule has 2 amide bonds. The molecule has 0 atom stereocenters. The fraction of sp³-hybridized carbons (Fsp3) is 0.350. The smallest absolute Gasteiger partial charge is 0.354 e. The van der Waals surface area contributed by atoms with Gasteiger partial charge in [-0.15, -0.1) is 0 Å². The molecule has 0 saturated heterocycles. The number of nitrogens with one attached hydrogen (secondary N) is 2. The molecule has 1 aromatic carbocycles. The second kappa shape index (κ2) is 9.16. The van der Waals surface area contributed by atoms with Crippen LogP contribution in [0.15, 0.2) is 24.3 Å². The van der Waals surface area contributed by atoms with Gasteiger partial charge in [-0.25, -0.2) is 14.0 Å². The first-order valence-corrected chi connectivity index (χ1v) is 8.86. The number of hydrogen-bond donors (Lipinski definition) is 2. The van der Waals surface area contributed by atoms with Crippen LogP contribution in [0, 0.1) is 19.7 Å². The van der Waals surface area contributed by atoms with Gasteiger partial charge in [-0.05, 0) is 44.0 Å². The number of benzene rings is 1. The Labute approximate surface area is 162 Å². The molecule has 0 bridgehead atoms. The molecule has 1 heterocycles. The van der Waals surface area contributed by atoms with Gasteiger partial charge in [0, 0.05) is 24.3 Å². The molecular weight excluding hydrogens is 365 g/mol. The van der Waals surface area contributed by atoms with Gasteiger partial charge in [-0.3, -0.25) is 4.79 Å². The molecule has 0 aliphatic rings. The number of aromatic nitrogens is 1. The molecule has 0 radical (unpaired) electrons. The Morgan fingerprint density at radius 1 is 1.18 bits per heavy atom. The minimum Gasteiger partial charge on any atom is -0.464 e. The molecule has 0 spiro atoms. The number of urea groups is 1. The molecule has 28 heavy (non-hydrogen) atoms. The van der Waals surface area contributed by atoms with Gasteiger partial charge < -0.3 is 19.9 Å². The normalized spacial score (nSPS) is 10.5. The first-order valence-electron chi connectivity index (χ1n) is 8.86. The minimum absolute atomic E-state index is 0.143. The van der Waals surface area contributed by atoms with E-state index in [4.69, 9.17) is 4.74 Å². The predicted octanol–water partition coefficient (Wildman–Crippen LogP) is 2.97. The van der Waals surface area contributed by atoms with Crippen LogP contribution in [0.2, 0.25) is 0 Å². The van der Waals surface area contributed by atoms with Crippen LogP contribution in [-0.2, 0) is 11.3 Å². The number of methoxy groups -OCH3 is 1. The van der Waals surface area contributed by atoms with E-state index in [-0.39, 0.29) is 30.4 Å². The van der Waals surface area contributed by atoms with E-state index in [0.29, 0.717) is 28.9 Å². The molecule has 1 aromatic heterocycles. The van der Waals surface area contributed by atoms with Crippen molar-refractivity contribution in [1.29, 1.82) is 0 Å². The standard InChI is InChI=1S/C20H24FN3O4/c1-5-22-20(27)24(10-14-6-8-15(21)9-7-14)11-16(25)17-12(2)18(19(26)28-4)23-13(17)3/h6-9,23H,5,10-11H2,1-4H3,(H,22,27). The summed E-state index contributed by atoms with van der Waals surface area (Å²) in [6.45, 7) is 5.47. The van der Waals surface area contributed by atoms with Crippen LogP contribution in [0.25, 0.3) is 0 Å². The number of H-pyrrole nitrogens is 1. The number of ketones is 1. The molecule has 0 saturated carbocycles. The van der Waals surface area contributed by atoms with Crippen molar-refractivity contribution in [2.75, 3.05) is 20.2 Å². The summed E-state index contributed by atoms with van der Waals surface area (Å²) in [5, 5.41) is 2.67. The average Bonchev–Trinajstić information content (AvgIpc) is 2.96. The van der Waals surface area contributed by atoms with Crippen molar-refractivity contribution < 1.29 is 23.5 Å². The highest BCUT2D eigenvalue weighted by atomic mass is 19.1. The second-order valence-electron chi connectivity index (χ2n) is 6.36. The molecule has 2 N–H and O–H groups in total. The van der Waals surface area contributed by atoms with Gasteiger partial charge >= 0.3 is 12.0 Å². The van der Waals surface area contributed by atoms with Crippen LogP contribution in [0.5, 0.6) is 0 Å². The van der Waals surface area contributed by atoms with Gasteiger partial charge in [0.2, 0.25) is 0 Å². The Balaban J connectivity index is 2.27. The molecule has 0 fully saturated rings. The van der Waals surface area contributed by atoms with Gasteiger partial charge in [-0.1, -0.05) is 12.1 Å². The van der Waals surface area contributed by atoms with Gasteiger partial charge in [0.05, 0.1) is 13.7 Å². The van der Waals surface area contributed by atoms with E-state index in [9.17, 15) is 18.8 Å². The number of Topliss-reactive ketones (excluding diaryl/α,β-unsaturated/α-hetero) is 1. The zero-order valence-electron chi connectivity index (χ0n) is 16.4. The van der Waals surface area contributed by atoms with Crippen LogP contribution in [0.1, 0.15) is 44.6 Å². The number of hydrogen-bond acceptors (Lipinski definition) is 4. The van der Waals surface area contributed by atoms with Crippen LogP contribution in [-0.4, -0.2) is 47.9 Å². The lowest BCUT2D eigenvalue weighted by molar-refractivity contribution is 0.0593. The number of halogens is 1. The molecular formula is C20H24FN3O4. The Hall–Kier alpha value is -3.16. The SMILES string of the molecule is CCNC(=O)N(CC(=O)c1c(C)[nH]c(C(=O)OC)c1C)Cc1ccc(F)cc1. The summed E-state index contributed by atoms with van der Waals surface area (Å²) < 4.78 is 17.9. The maximum Gasteiger partial charge on any atom is 0.354 e. The van der Waals surface area contributed by atoms with Crippen LogP contribution in [0.3, 0.4) is 0 Å². The van der Waals surface area contributed by atoms with Crippen molar-refractivity contribution in [1.82, 2.24) is 15.2 Å². The predicted molar refractivity (Wildman–Crippen MR) is 102 cm³/mol. The van der Waals surface area contributed by atoms with E-state index >= 15 is 0 Å². The first kappa shape index (κ1) is 21.1. The number of rotatable bonds is 7. The van der Waals surface area contributed by atoms with E-state index < -0.39 is 12.0 Å². The number of nitrogens with zero attached hydrogens (tertiary/aromatic N) is 1. The number of amides is 2. The lowest BCUT2D eigenvalue weighted by Gasteiger charge is -2.22. The van der Waals surface area contributed by atoms with Gasteiger partial charge in [-0.2, -0.15) is 0 Å².